The number of benzene rings is 1. The van der Waals surface area contributed by atoms with Crippen LogP contribution in [0.25, 0.3) is 0 Å². The molecule has 0 unspecified atom stereocenters. The first kappa shape index (κ1) is 14.2. The maximum atomic E-state index is 9.40. The molecule has 0 saturated carbocycles. The molecule has 17 heavy (non-hydrogen) atoms. The molecule has 0 amide bonds. The standard InChI is InChI=1S/C11H16O.C4H8O/c1-8-6-4-5-7-11(8)9(2)10(3)12;1-3-4(2)5-3/h4-7,9-10,12H,1-3H3;3-4H,1-2H3/t9-,10-;3-,4+/m0./s1. The minimum absolute atomic E-state index is 0.228. The number of hydrogen-bond donors (Lipinski definition) is 1. The van der Waals surface area contributed by atoms with Gasteiger partial charge in [0.05, 0.1) is 18.3 Å². The second-order valence-electron chi connectivity index (χ2n) is 4.93. The van der Waals surface area contributed by atoms with Crippen LogP contribution in [0.1, 0.15) is 44.7 Å². The van der Waals surface area contributed by atoms with Crippen molar-refractivity contribution in [1.82, 2.24) is 0 Å². The summed E-state index contributed by atoms with van der Waals surface area (Å²) in [4.78, 5) is 0. The third-order valence-electron chi connectivity index (χ3n) is 3.42. The van der Waals surface area contributed by atoms with Crippen LogP contribution in [-0.4, -0.2) is 23.4 Å². The second-order valence-corrected chi connectivity index (χ2v) is 4.93. The summed E-state index contributed by atoms with van der Waals surface area (Å²) in [6.45, 7) is 10.1. The molecule has 1 saturated heterocycles. The van der Waals surface area contributed by atoms with E-state index in [-0.39, 0.29) is 12.0 Å². The molecule has 0 bridgehead atoms. The molecule has 1 aliphatic rings. The van der Waals surface area contributed by atoms with E-state index in [0.717, 1.165) is 0 Å². The Kier molecular flexibility index (Phi) is 5.16. The average Bonchev–Trinajstić information content (AvgIpc) is 2.92. The molecule has 2 nitrogen and oxygen atoms in total. The lowest BCUT2D eigenvalue weighted by atomic mass is 9.93. The molecular weight excluding hydrogens is 212 g/mol. The van der Waals surface area contributed by atoms with Gasteiger partial charge in [0.25, 0.3) is 0 Å². The van der Waals surface area contributed by atoms with E-state index in [1.54, 1.807) is 0 Å². The number of aryl methyl sites for hydroxylation is 1. The number of aliphatic hydroxyl groups excluding tert-OH is 1. The van der Waals surface area contributed by atoms with Crippen LogP contribution in [0.15, 0.2) is 24.3 Å². The lowest BCUT2D eigenvalue weighted by Crippen LogP contribution is -2.11. The van der Waals surface area contributed by atoms with Crippen LogP contribution in [-0.2, 0) is 4.74 Å². The highest BCUT2D eigenvalue weighted by molar-refractivity contribution is 5.29. The zero-order valence-corrected chi connectivity index (χ0v) is 11.5. The van der Waals surface area contributed by atoms with Crippen molar-refractivity contribution in [2.24, 2.45) is 0 Å². The third kappa shape index (κ3) is 4.49. The average molecular weight is 236 g/mol. The molecule has 1 aromatic rings. The van der Waals surface area contributed by atoms with Crippen molar-refractivity contribution >= 4 is 0 Å². The quantitative estimate of drug-likeness (QED) is 0.799. The molecule has 96 valence electrons. The largest absolute Gasteiger partial charge is 0.393 e. The Bertz CT molecular complexity index is 341. The highest BCUT2D eigenvalue weighted by atomic mass is 16.6. The van der Waals surface area contributed by atoms with Crippen LogP contribution >= 0.6 is 0 Å². The lowest BCUT2D eigenvalue weighted by Gasteiger charge is -2.16. The van der Waals surface area contributed by atoms with Crippen molar-refractivity contribution in [1.29, 1.82) is 0 Å². The summed E-state index contributed by atoms with van der Waals surface area (Å²) in [5, 5.41) is 9.40. The summed E-state index contributed by atoms with van der Waals surface area (Å²) >= 11 is 0. The van der Waals surface area contributed by atoms with E-state index < -0.39 is 0 Å². The maximum Gasteiger partial charge on any atom is 0.0811 e. The minimum Gasteiger partial charge on any atom is -0.393 e. The summed E-state index contributed by atoms with van der Waals surface area (Å²) in [5.74, 6) is 0.228. The molecule has 0 spiro atoms. The number of ether oxygens (including phenoxy) is 1. The Morgan fingerprint density at radius 3 is 1.94 bits per heavy atom. The predicted molar refractivity (Wildman–Crippen MR) is 71.3 cm³/mol. The second kappa shape index (κ2) is 6.18. The maximum absolute atomic E-state index is 9.40. The molecule has 4 atom stereocenters. The highest BCUT2D eigenvalue weighted by Gasteiger charge is 2.27. The fraction of sp³-hybridized carbons (Fsp3) is 0.600. The van der Waals surface area contributed by atoms with Crippen molar-refractivity contribution in [3.8, 4) is 0 Å². The fourth-order valence-corrected chi connectivity index (χ4v) is 1.65. The van der Waals surface area contributed by atoms with Gasteiger partial charge in [0.2, 0.25) is 0 Å². The zero-order chi connectivity index (χ0) is 13.0. The first-order valence-electron chi connectivity index (χ1n) is 6.32. The lowest BCUT2D eigenvalue weighted by molar-refractivity contribution is 0.168. The summed E-state index contributed by atoms with van der Waals surface area (Å²) in [6, 6.07) is 8.19. The molecule has 0 radical (unpaired) electrons. The Labute approximate surface area is 105 Å². The SMILES string of the molecule is C[C@@H]1O[C@@H]1C.Cc1ccccc1[C@@H](C)[C@H](C)O. The molecule has 1 aliphatic heterocycles. The van der Waals surface area contributed by atoms with Gasteiger partial charge in [0.1, 0.15) is 0 Å². The minimum atomic E-state index is -0.272. The van der Waals surface area contributed by atoms with Gasteiger partial charge in [-0.1, -0.05) is 31.2 Å². The van der Waals surface area contributed by atoms with Crippen LogP contribution < -0.4 is 0 Å². The van der Waals surface area contributed by atoms with Gasteiger partial charge in [-0.2, -0.15) is 0 Å². The first-order chi connectivity index (χ1) is 7.93. The first-order valence-corrected chi connectivity index (χ1v) is 6.32. The van der Waals surface area contributed by atoms with Crippen LogP contribution in [0.3, 0.4) is 0 Å². The van der Waals surface area contributed by atoms with Gasteiger partial charge in [-0.25, -0.2) is 0 Å². The van der Waals surface area contributed by atoms with E-state index in [0.29, 0.717) is 12.2 Å². The Balaban J connectivity index is 0.000000239. The van der Waals surface area contributed by atoms with Crippen LogP contribution in [0.4, 0.5) is 0 Å². The van der Waals surface area contributed by atoms with Gasteiger partial charge < -0.3 is 9.84 Å². The number of epoxide rings is 1. The van der Waals surface area contributed by atoms with Crippen LogP contribution in [0.5, 0.6) is 0 Å². The summed E-state index contributed by atoms with van der Waals surface area (Å²) in [7, 11) is 0. The van der Waals surface area contributed by atoms with Crippen molar-refractivity contribution in [2.45, 2.75) is 58.8 Å². The Morgan fingerprint density at radius 1 is 1.12 bits per heavy atom. The molecule has 1 aromatic carbocycles. The third-order valence-corrected chi connectivity index (χ3v) is 3.42. The Morgan fingerprint density at radius 2 is 1.59 bits per heavy atom. The van der Waals surface area contributed by atoms with Gasteiger partial charge in [-0.15, -0.1) is 0 Å². The molecule has 1 N–H and O–H groups in total. The molecule has 1 fully saturated rings. The molecule has 1 heterocycles. The van der Waals surface area contributed by atoms with Crippen molar-refractivity contribution < 1.29 is 9.84 Å². The molecule has 0 aromatic heterocycles. The van der Waals surface area contributed by atoms with Gasteiger partial charge in [-0.3, -0.25) is 0 Å². The normalized spacial score (nSPS) is 25.5. The number of aliphatic hydroxyl groups is 1. The van der Waals surface area contributed by atoms with E-state index in [4.69, 9.17) is 4.74 Å². The summed E-state index contributed by atoms with van der Waals surface area (Å²) in [5.41, 5.74) is 2.50. The van der Waals surface area contributed by atoms with E-state index in [1.807, 2.05) is 26.0 Å². The van der Waals surface area contributed by atoms with Gasteiger partial charge in [-0.05, 0) is 38.8 Å². The molecule has 2 rings (SSSR count). The van der Waals surface area contributed by atoms with Gasteiger partial charge >= 0.3 is 0 Å². The molecule has 0 aliphatic carbocycles. The highest BCUT2D eigenvalue weighted by Crippen LogP contribution is 2.21. The monoisotopic (exact) mass is 236 g/mol. The fourth-order valence-electron chi connectivity index (χ4n) is 1.65. The summed E-state index contributed by atoms with van der Waals surface area (Å²) in [6.07, 6.45) is 0.830. The smallest absolute Gasteiger partial charge is 0.0811 e. The van der Waals surface area contributed by atoms with Gasteiger partial charge in [0.15, 0.2) is 0 Å². The van der Waals surface area contributed by atoms with Crippen molar-refractivity contribution in [3.05, 3.63) is 35.4 Å². The summed E-state index contributed by atoms with van der Waals surface area (Å²) < 4.78 is 4.92. The topological polar surface area (TPSA) is 32.8 Å². The van der Waals surface area contributed by atoms with Crippen molar-refractivity contribution in [2.75, 3.05) is 0 Å². The Hall–Kier alpha value is -0.860. The van der Waals surface area contributed by atoms with Gasteiger partial charge in [0, 0.05) is 5.92 Å². The van der Waals surface area contributed by atoms with Crippen LogP contribution in [0.2, 0.25) is 0 Å². The van der Waals surface area contributed by atoms with E-state index in [1.165, 1.54) is 11.1 Å². The number of rotatable bonds is 2. The zero-order valence-electron chi connectivity index (χ0n) is 11.5. The van der Waals surface area contributed by atoms with Crippen LogP contribution in [0, 0.1) is 6.92 Å². The van der Waals surface area contributed by atoms with E-state index in [9.17, 15) is 5.11 Å². The van der Waals surface area contributed by atoms with E-state index >= 15 is 0 Å². The number of hydrogen-bond acceptors (Lipinski definition) is 2. The van der Waals surface area contributed by atoms with E-state index in [2.05, 4.69) is 32.9 Å². The van der Waals surface area contributed by atoms with Crippen molar-refractivity contribution in [3.63, 3.8) is 0 Å². The molecular formula is C15H24O2. The predicted octanol–water partition coefficient (Wildman–Crippen LogP) is 3.27. The molecule has 2 heteroatoms.